The Morgan fingerprint density at radius 3 is 2.74 bits per heavy atom. The monoisotopic (exact) mass is 520 g/mol. The number of hydrogen-bond acceptors (Lipinski definition) is 8. The number of nitrogens with zero attached hydrogens (tertiary/aromatic N) is 5. The summed E-state index contributed by atoms with van der Waals surface area (Å²) in [6.45, 7) is 3.43. The number of terminal acetylenes is 1. The van der Waals surface area contributed by atoms with Crippen molar-refractivity contribution in [2.24, 2.45) is 0 Å². The summed E-state index contributed by atoms with van der Waals surface area (Å²) in [6.07, 6.45) is 12.4. The molecule has 3 atom stereocenters. The van der Waals surface area contributed by atoms with Gasteiger partial charge in [0.2, 0.25) is 0 Å². The van der Waals surface area contributed by atoms with E-state index < -0.39 is 0 Å². The highest BCUT2D eigenvalue weighted by molar-refractivity contribution is 6.02. The van der Waals surface area contributed by atoms with Gasteiger partial charge in [-0.25, -0.2) is 0 Å². The molecule has 198 valence electrons. The van der Waals surface area contributed by atoms with Crippen LogP contribution >= 0.6 is 0 Å². The van der Waals surface area contributed by atoms with E-state index in [2.05, 4.69) is 28.1 Å². The van der Waals surface area contributed by atoms with Crippen molar-refractivity contribution in [3.8, 4) is 35.2 Å². The summed E-state index contributed by atoms with van der Waals surface area (Å²) < 4.78 is 6.24. The molecule has 7 rings (SSSR count). The fraction of sp³-hybridized carbons (Fsp3) is 0.387. The Kier molecular flexibility index (Phi) is 5.98. The number of piperazine rings is 1. The molecular formula is C31H32N6O2. The number of hydrogen-bond donors (Lipinski definition) is 2. The number of pyridine rings is 1. The zero-order valence-electron chi connectivity index (χ0n) is 22.1. The van der Waals surface area contributed by atoms with Gasteiger partial charge in [0.25, 0.3) is 0 Å². The summed E-state index contributed by atoms with van der Waals surface area (Å²) in [4.78, 5) is 19.3. The maximum Gasteiger partial charge on any atom is 0.319 e. The van der Waals surface area contributed by atoms with Crippen molar-refractivity contribution in [1.29, 1.82) is 0 Å². The van der Waals surface area contributed by atoms with Gasteiger partial charge >= 0.3 is 6.01 Å². The van der Waals surface area contributed by atoms with Crippen molar-refractivity contribution >= 4 is 27.6 Å². The van der Waals surface area contributed by atoms with Gasteiger partial charge in [-0.15, -0.1) is 6.42 Å². The van der Waals surface area contributed by atoms with Gasteiger partial charge in [-0.05, 0) is 74.5 Å². The average Bonchev–Trinajstić information content (AvgIpc) is 3.52. The lowest BCUT2D eigenvalue weighted by Gasteiger charge is -2.34. The molecule has 0 aliphatic carbocycles. The minimum atomic E-state index is 0.177. The minimum Gasteiger partial charge on any atom is -0.508 e. The van der Waals surface area contributed by atoms with E-state index in [1.54, 1.807) is 12.1 Å². The van der Waals surface area contributed by atoms with Crippen molar-refractivity contribution in [3.63, 3.8) is 0 Å². The third kappa shape index (κ3) is 4.42. The van der Waals surface area contributed by atoms with Crippen LogP contribution in [0.3, 0.4) is 0 Å². The molecule has 0 amide bonds. The first kappa shape index (κ1) is 24.1. The molecule has 39 heavy (non-hydrogen) atoms. The van der Waals surface area contributed by atoms with Crippen LogP contribution in [0.4, 0.5) is 5.82 Å². The molecular weight excluding hydrogens is 488 g/mol. The molecule has 0 spiro atoms. The van der Waals surface area contributed by atoms with E-state index in [0.29, 0.717) is 36.3 Å². The second-order valence-corrected chi connectivity index (χ2v) is 11.1. The maximum absolute atomic E-state index is 10.5. The Bertz CT molecular complexity index is 1600. The molecule has 8 nitrogen and oxygen atoms in total. The SMILES string of the molecule is C#Cc1cccc2cc(O)cc(-c3cnc4c(N5CC6CCC(C5)N6)nc(OCC5CCCN5C)nc4c3)c12. The standard InChI is InChI=1S/C31H32N6O2/c1-3-19-6-4-7-20-12-25(38)14-26(28(19)20)21-13-27-29(32-15-21)30(37-16-22-9-10-23(17-37)33-22)35-31(34-27)39-18-24-8-5-11-36(24)2/h1,4,6-7,12-15,22-24,33,38H,5,8-11,16-18H2,2H3. The third-order valence-corrected chi connectivity index (χ3v) is 8.52. The number of anilines is 1. The molecule has 2 bridgehead atoms. The summed E-state index contributed by atoms with van der Waals surface area (Å²) >= 11 is 0. The molecule has 2 aromatic heterocycles. The van der Waals surface area contributed by atoms with E-state index in [-0.39, 0.29) is 5.75 Å². The zero-order valence-corrected chi connectivity index (χ0v) is 22.1. The van der Waals surface area contributed by atoms with Crippen LogP contribution in [-0.4, -0.2) is 76.4 Å². The predicted octanol–water partition coefficient (Wildman–Crippen LogP) is 3.95. The Morgan fingerprint density at radius 1 is 1.13 bits per heavy atom. The Balaban J connectivity index is 1.34. The number of phenolic OH excluding ortho intramolecular Hbond substituents is 1. The molecule has 2 aromatic carbocycles. The van der Waals surface area contributed by atoms with Gasteiger partial charge in [0.05, 0.1) is 5.52 Å². The van der Waals surface area contributed by atoms with E-state index in [9.17, 15) is 5.11 Å². The molecule has 0 radical (unpaired) electrons. The van der Waals surface area contributed by atoms with Crippen LogP contribution < -0.4 is 15.0 Å². The normalized spacial score (nSPS) is 23.0. The number of likely N-dealkylation sites (N-methyl/N-ethyl adjacent to an activating group) is 1. The Labute approximate surface area is 228 Å². The third-order valence-electron chi connectivity index (χ3n) is 8.52. The fourth-order valence-corrected chi connectivity index (χ4v) is 6.51. The van der Waals surface area contributed by atoms with E-state index in [4.69, 9.17) is 26.1 Å². The predicted molar refractivity (Wildman–Crippen MR) is 153 cm³/mol. The van der Waals surface area contributed by atoms with Crippen molar-refractivity contribution in [2.45, 2.75) is 43.8 Å². The molecule has 2 N–H and O–H groups in total. The number of fused-ring (bicyclic) bond motifs is 4. The second kappa shape index (κ2) is 9.67. The largest absolute Gasteiger partial charge is 0.508 e. The molecule has 5 heterocycles. The average molecular weight is 521 g/mol. The summed E-state index contributed by atoms with van der Waals surface area (Å²) in [5.41, 5.74) is 3.90. The second-order valence-electron chi connectivity index (χ2n) is 11.1. The molecule has 8 heteroatoms. The molecule has 3 unspecified atom stereocenters. The fourth-order valence-electron chi connectivity index (χ4n) is 6.51. The van der Waals surface area contributed by atoms with Gasteiger partial charge in [0, 0.05) is 53.9 Å². The summed E-state index contributed by atoms with van der Waals surface area (Å²) in [6, 6.07) is 13.0. The molecule has 3 aliphatic heterocycles. The number of phenols is 1. The number of aromatic hydroxyl groups is 1. The van der Waals surface area contributed by atoms with Crippen molar-refractivity contribution in [3.05, 3.63) is 48.2 Å². The first-order valence-electron chi connectivity index (χ1n) is 13.8. The smallest absolute Gasteiger partial charge is 0.319 e. The number of ether oxygens (including phenoxy) is 1. The van der Waals surface area contributed by atoms with Crippen molar-refractivity contribution in [1.82, 2.24) is 25.2 Å². The molecule has 3 saturated heterocycles. The summed E-state index contributed by atoms with van der Waals surface area (Å²) in [5.74, 6) is 3.80. The number of nitrogens with one attached hydrogen (secondary N) is 1. The van der Waals surface area contributed by atoms with Crippen LogP contribution in [0.5, 0.6) is 11.8 Å². The summed E-state index contributed by atoms with van der Waals surface area (Å²) in [5, 5.41) is 16.0. The van der Waals surface area contributed by atoms with Crippen LogP contribution in [0.15, 0.2) is 42.6 Å². The van der Waals surface area contributed by atoms with Crippen molar-refractivity contribution < 1.29 is 9.84 Å². The van der Waals surface area contributed by atoms with Gasteiger partial charge in [0.1, 0.15) is 17.9 Å². The van der Waals surface area contributed by atoms with Gasteiger partial charge in [-0.1, -0.05) is 18.1 Å². The number of aromatic nitrogens is 3. The topological polar surface area (TPSA) is 86.6 Å². The van der Waals surface area contributed by atoms with E-state index in [1.165, 1.54) is 19.3 Å². The maximum atomic E-state index is 10.5. The van der Waals surface area contributed by atoms with Crippen LogP contribution in [0, 0.1) is 12.3 Å². The quantitative estimate of drug-likeness (QED) is 0.383. The first-order chi connectivity index (χ1) is 19.1. The highest BCUT2D eigenvalue weighted by Gasteiger charge is 2.34. The minimum absolute atomic E-state index is 0.177. The van der Waals surface area contributed by atoms with E-state index in [0.717, 1.165) is 64.9 Å². The van der Waals surface area contributed by atoms with Crippen LogP contribution in [0.25, 0.3) is 32.9 Å². The van der Waals surface area contributed by atoms with Crippen LogP contribution in [0.1, 0.15) is 31.2 Å². The first-order valence-corrected chi connectivity index (χ1v) is 13.8. The molecule has 4 aromatic rings. The molecule has 3 aliphatic rings. The highest BCUT2D eigenvalue weighted by Crippen LogP contribution is 2.37. The molecule has 3 fully saturated rings. The highest BCUT2D eigenvalue weighted by atomic mass is 16.5. The van der Waals surface area contributed by atoms with Crippen LogP contribution in [0.2, 0.25) is 0 Å². The Hall–Kier alpha value is -3.93. The lowest BCUT2D eigenvalue weighted by atomic mass is 9.95. The Morgan fingerprint density at radius 2 is 1.97 bits per heavy atom. The van der Waals surface area contributed by atoms with E-state index >= 15 is 0 Å². The van der Waals surface area contributed by atoms with Crippen molar-refractivity contribution in [2.75, 3.05) is 38.2 Å². The molecule has 0 saturated carbocycles. The lowest BCUT2D eigenvalue weighted by molar-refractivity contribution is 0.188. The number of likely N-dealkylation sites (tertiary alicyclic amines) is 1. The van der Waals surface area contributed by atoms with E-state index in [1.807, 2.05) is 30.5 Å². The lowest BCUT2D eigenvalue weighted by Crippen LogP contribution is -2.51. The van der Waals surface area contributed by atoms with Gasteiger partial charge in [-0.3, -0.25) is 4.98 Å². The summed E-state index contributed by atoms with van der Waals surface area (Å²) in [7, 11) is 2.14. The number of benzene rings is 2. The number of rotatable bonds is 5. The zero-order chi connectivity index (χ0) is 26.5. The van der Waals surface area contributed by atoms with Gasteiger partial charge in [-0.2, -0.15) is 9.97 Å². The van der Waals surface area contributed by atoms with Gasteiger partial charge in [0.15, 0.2) is 5.82 Å². The van der Waals surface area contributed by atoms with Crippen LogP contribution in [-0.2, 0) is 0 Å². The van der Waals surface area contributed by atoms with Gasteiger partial charge < -0.3 is 25.0 Å².